The summed E-state index contributed by atoms with van der Waals surface area (Å²) in [7, 11) is 0. The molecule has 0 radical (unpaired) electrons. The van der Waals surface area contributed by atoms with Gasteiger partial charge in [0, 0.05) is 16.3 Å². The van der Waals surface area contributed by atoms with Crippen LogP contribution in [0.4, 0.5) is 0 Å². The summed E-state index contributed by atoms with van der Waals surface area (Å²) < 4.78 is 5.46. The number of aromatic hydroxyl groups is 1. The SMILES string of the molecule is CCCc1[nH]nc2c1[C@@H](c1cc(Cl)cc(Cl)c1O)C(C#N)=C(N)O2. The number of nitriles is 1. The van der Waals surface area contributed by atoms with Crippen molar-refractivity contribution in [1.29, 1.82) is 5.26 Å². The summed E-state index contributed by atoms with van der Waals surface area (Å²) in [5.74, 6) is -0.575. The fourth-order valence-corrected chi connectivity index (χ4v) is 3.38. The Kier molecular flexibility index (Phi) is 4.31. The van der Waals surface area contributed by atoms with Crippen LogP contribution in [0.1, 0.15) is 36.1 Å². The average molecular weight is 365 g/mol. The fourth-order valence-electron chi connectivity index (χ4n) is 2.87. The lowest BCUT2D eigenvalue weighted by Gasteiger charge is -2.25. The number of halogens is 2. The molecule has 4 N–H and O–H groups in total. The van der Waals surface area contributed by atoms with Crippen molar-refractivity contribution in [1.82, 2.24) is 10.2 Å². The predicted octanol–water partition coefficient (Wildman–Crippen LogP) is 3.59. The first-order valence-corrected chi connectivity index (χ1v) is 8.06. The van der Waals surface area contributed by atoms with Gasteiger partial charge in [-0.05, 0) is 18.6 Å². The van der Waals surface area contributed by atoms with Crippen molar-refractivity contribution in [3.63, 3.8) is 0 Å². The molecule has 1 atom stereocenters. The highest BCUT2D eigenvalue weighted by molar-refractivity contribution is 6.35. The Hall–Kier alpha value is -2.36. The van der Waals surface area contributed by atoms with E-state index in [2.05, 4.69) is 16.3 Å². The number of nitrogens with zero attached hydrogens (tertiary/aromatic N) is 2. The molecule has 3 rings (SSSR count). The van der Waals surface area contributed by atoms with Gasteiger partial charge in [-0.2, -0.15) is 5.26 Å². The maximum atomic E-state index is 10.4. The lowest BCUT2D eigenvalue weighted by Crippen LogP contribution is -2.21. The van der Waals surface area contributed by atoms with Gasteiger partial charge in [0.25, 0.3) is 0 Å². The smallest absolute Gasteiger partial charge is 0.244 e. The molecule has 8 heteroatoms. The number of hydrogen-bond donors (Lipinski definition) is 3. The van der Waals surface area contributed by atoms with Gasteiger partial charge >= 0.3 is 0 Å². The van der Waals surface area contributed by atoms with Gasteiger partial charge in [-0.3, -0.25) is 5.10 Å². The number of aryl methyl sites for hydroxylation is 1. The second kappa shape index (κ2) is 6.27. The van der Waals surface area contributed by atoms with Gasteiger partial charge in [0.2, 0.25) is 11.8 Å². The maximum Gasteiger partial charge on any atom is 0.244 e. The van der Waals surface area contributed by atoms with E-state index in [0.717, 1.165) is 12.1 Å². The first-order valence-electron chi connectivity index (χ1n) is 7.30. The zero-order valence-electron chi connectivity index (χ0n) is 12.7. The van der Waals surface area contributed by atoms with Crippen molar-refractivity contribution < 1.29 is 9.84 Å². The van der Waals surface area contributed by atoms with E-state index in [-0.39, 0.29) is 28.1 Å². The second-order valence-corrected chi connectivity index (χ2v) is 6.26. The van der Waals surface area contributed by atoms with E-state index in [0.29, 0.717) is 22.6 Å². The average Bonchev–Trinajstić information content (AvgIpc) is 2.92. The number of rotatable bonds is 3. The first-order chi connectivity index (χ1) is 11.5. The van der Waals surface area contributed by atoms with Crippen molar-refractivity contribution in [3.8, 4) is 17.7 Å². The number of phenolic OH excluding ortho intramolecular Hbond substituents is 1. The Balaban J connectivity index is 2.29. The topological polar surface area (TPSA) is 108 Å². The summed E-state index contributed by atoms with van der Waals surface area (Å²) in [6, 6.07) is 5.06. The molecule has 2 aromatic rings. The summed E-state index contributed by atoms with van der Waals surface area (Å²) in [6.45, 7) is 2.02. The van der Waals surface area contributed by atoms with Crippen LogP contribution >= 0.6 is 23.2 Å². The number of benzene rings is 1. The molecule has 6 nitrogen and oxygen atoms in total. The Bertz CT molecular complexity index is 883. The molecule has 1 aliphatic rings. The minimum Gasteiger partial charge on any atom is -0.506 e. The van der Waals surface area contributed by atoms with Crippen molar-refractivity contribution in [2.75, 3.05) is 0 Å². The third-order valence-corrected chi connectivity index (χ3v) is 4.39. The standard InChI is InChI=1S/C16H14Cl2N4O2/c1-2-3-11-13-12(8-4-7(17)5-10(18)14(8)23)9(6-19)15(20)24-16(13)22-21-11/h4-5,12,23H,2-3,20H2,1H3,(H,21,22)/t12-/m0/s1. The molecular weight excluding hydrogens is 351 g/mol. The number of aromatic amines is 1. The van der Waals surface area contributed by atoms with E-state index in [1.807, 2.05) is 6.92 Å². The van der Waals surface area contributed by atoms with Crippen molar-refractivity contribution in [3.05, 3.63) is 50.5 Å². The highest BCUT2D eigenvalue weighted by Gasteiger charge is 2.36. The van der Waals surface area contributed by atoms with Crippen LogP contribution in [0, 0.1) is 11.3 Å². The Morgan fingerprint density at radius 1 is 1.46 bits per heavy atom. The van der Waals surface area contributed by atoms with Crippen LogP contribution in [0.25, 0.3) is 0 Å². The summed E-state index contributed by atoms with van der Waals surface area (Å²) >= 11 is 12.1. The molecule has 2 heterocycles. The molecule has 0 saturated heterocycles. The minimum absolute atomic E-state index is 0.0555. The number of fused-ring (bicyclic) bond motifs is 1. The van der Waals surface area contributed by atoms with Crippen LogP contribution in [0.3, 0.4) is 0 Å². The summed E-state index contributed by atoms with van der Waals surface area (Å²) in [6.07, 6.45) is 1.57. The third-order valence-electron chi connectivity index (χ3n) is 3.89. The highest BCUT2D eigenvalue weighted by atomic mass is 35.5. The Labute approximate surface area is 148 Å². The molecule has 1 aromatic heterocycles. The zero-order chi connectivity index (χ0) is 17.4. The molecule has 1 aromatic carbocycles. The van der Waals surface area contributed by atoms with Gasteiger partial charge in [0.15, 0.2) is 0 Å². The number of allylic oxidation sites excluding steroid dienone is 1. The number of hydrogen-bond acceptors (Lipinski definition) is 5. The predicted molar refractivity (Wildman–Crippen MR) is 90.0 cm³/mol. The number of H-pyrrole nitrogens is 1. The molecule has 0 saturated carbocycles. The van der Waals surface area contributed by atoms with Crippen LogP contribution in [-0.4, -0.2) is 15.3 Å². The van der Waals surface area contributed by atoms with Gasteiger partial charge < -0.3 is 15.6 Å². The van der Waals surface area contributed by atoms with Crippen molar-refractivity contribution in [2.24, 2.45) is 5.73 Å². The molecule has 1 aliphatic heterocycles. The summed E-state index contributed by atoms with van der Waals surface area (Å²) in [5, 5.41) is 27.5. The fraction of sp³-hybridized carbons (Fsp3) is 0.250. The van der Waals surface area contributed by atoms with Crippen LogP contribution in [0.15, 0.2) is 23.6 Å². The molecule has 0 bridgehead atoms. The number of ether oxygens (including phenoxy) is 1. The highest BCUT2D eigenvalue weighted by Crippen LogP contribution is 2.47. The lowest BCUT2D eigenvalue weighted by atomic mass is 9.83. The molecule has 0 amide bonds. The van der Waals surface area contributed by atoms with E-state index >= 15 is 0 Å². The Morgan fingerprint density at radius 3 is 2.88 bits per heavy atom. The molecule has 0 aliphatic carbocycles. The monoisotopic (exact) mass is 364 g/mol. The first kappa shape index (κ1) is 16.5. The van der Waals surface area contributed by atoms with Gasteiger partial charge in [0.1, 0.15) is 17.4 Å². The number of nitrogens with one attached hydrogen (secondary N) is 1. The van der Waals surface area contributed by atoms with Gasteiger partial charge in [-0.1, -0.05) is 36.5 Å². The third kappa shape index (κ3) is 2.56. The van der Waals surface area contributed by atoms with Crippen molar-refractivity contribution >= 4 is 23.2 Å². The van der Waals surface area contributed by atoms with Crippen molar-refractivity contribution in [2.45, 2.75) is 25.7 Å². The molecule has 0 fully saturated rings. The van der Waals surface area contributed by atoms with E-state index < -0.39 is 5.92 Å². The van der Waals surface area contributed by atoms with Crippen LogP contribution < -0.4 is 10.5 Å². The van der Waals surface area contributed by atoms with Crippen LogP contribution in [0.5, 0.6) is 11.6 Å². The zero-order valence-corrected chi connectivity index (χ0v) is 14.2. The quantitative estimate of drug-likeness (QED) is 0.770. The van der Waals surface area contributed by atoms with E-state index in [4.69, 9.17) is 33.7 Å². The normalized spacial score (nSPS) is 16.5. The van der Waals surface area contributed by atoms with Crippen LogP contribution in [-0.2, 0) is 6.42 Å². The maximum absolute atomic E-state index is 10.4. The largest absolute Gasteiger partial charge is 0.506 e. The van der Waals surface area contributed by atoms with E-state index in [9.17, 15) is 10.4 Å². The number of aromatic nitrogens is 2. The minimum atomic E-state index is -0.657. The number of nitrogens with two attached hydrogens (primary N) is 1. The van der Waals surface area contributed by atoms with Crippen LogP contribution in [0.2, 0.25) is 10.0 Å². The summed E-state index contributed by atoms with van der Waals surface area (Å²) in [4.78, 5) is 0. The van der Waals surface area contributed by atoms with Gasteiger partial charge in [-0.25, -0.2) is 0 Å². The molecule has 0 spiro atoms. The second-order valence-electron chi connectivity index (χ2n) is 5.42. The molecule has 24 heavy (non-hydrogen) atoms. The molecular formula is C16H14Cl2N4O2. The van der Waals surface area contributed by atoms with E-state index in [1.54, 1.807) is 6.07 Å². The molecule has 0 unspecified atom stereocenters. The van der Waals surface area contributed by atoms with Gasteiger partial charge in [0.05, 0.1) is 16.5 Å². The number of phenols is 1. The Morgan fingerprint density at radius 2 is 2.21 bits per heavy atom. The summed E-state index contributed by atoms with van der Waals surface area (Å²) in [5.41, 5.74) is 7.91. The van der Waals surface area contributed by atoms with E-state index in [1.165, 1.54) is 6.07 Å². The lowest BCUT2D eigenvalue weighted by molar-refractivity contribution is 0.377. The molecule has 124 valence electrons. The van der Waals surface area contributed by atoms with Gasteiger partial charge in [-0.15, -0.1) is 5.10 Å².